The van der Waals surface area contributed by atoms with E-state index in [-0.39, 0.29) is 0 Å². The highest BCUT2D eigenvalue weighted by atomic mass is 32.1. The lowest BCUT2D eigenvalue weighted by Gasteiger charge is -2.20. The van der Waals surface area contributed by atoms with Gasteiger partial charge < -0.3 is 0 Å². The van der Waals surface area contributed by atoms with Crippen LogP contribution in [-0.2, 0) is 26.2 Å². The van der Waals surface area contributed by atoms with E-state index in [2.05, 4.69) is 41.6 Å². The van der Waals surface area contributed by atoms with Crippen molar-refractivity contribution in [1.29, 1.82) is 0 Å². The van der Waals surface area contributed by atoms with Gasteiger partial charge in [0, 0.05) is 32.7 Å². The Bertz CT molecular complexity index is 600. The van der Waals surface area contributed by atoms with Gasteiger partial charge in [0.2, 0.25) is 0 Å². The van der Waals surface area contributed by atoms with E-state index >= 15 is 0 Å². The molecule has 2 aliphatic rings. The van der Waals surface area contributed by atoms with Crippen LogP contribution in [0.25, 0.3) is 0 Å². The Kier molecular flexibility index (Phi) is 4.23. The Morgan fingerprint density at radius 3 is 2.68 bits per heavy atom. The Morgan fingerprint density at radius 1 is 1.00 bits per heavy atom. The molecule has 0 aliphatic carbocycles. The summed E-state index contributed by atoms with van der Waals surface area (Å²) in [7, 11) is 0. The molecule has 4 heterocycles. The molecule has 0 radical (unpaired) electrons. The third kappa shape index (κ3) is 3.09. The largest absolute Gasteiger partial charge is 0.297 e. The number of hydrogen-bond acceptors (Lipinski definition) is 5. The standard InChI is InChI=1S/C16H23N5S/c1-2-6-19(5-1)11-15-16-12-20(10-14-4-9-22-13-14)7-3-8-21(16)18-17-15/h4,9,13H,1-3,5-8,10-12H2. The number of aryl methyl sites for hydroxylation is 1. The maximum Gasteiger partial charge on any atom is 0.101 e. The monoisotopic (exact) mass is 317 g/mol. The van der Waals surface area contributed by atoms with Crippen LogP contribution in [0.4, 0.5) is 0 Å². The molecule has 6 heteroatoms. The zero-order chi connectivity index (χ0) is 14.8. The van der Waals surface area contributed by atoms with E-state index in [9.17, 15) is 0 Å². The molecule has 1 saturated heterocycles. The molecule has 0 atom stereocenters. The number of nitrogens with zero attached hydrogens (tertiary/aromatic N) is 5. The molecule has 4 rings (SSSR count). The normalized spacial score (nSPS) is 20.2. The minimum absolute atomic E-state index is 0.974. The second-order valence-electron chi connectivity index (χ2n) is 6.39. The molecule has 1 fully saturated rings. The van der Waals surface area contributed by atoms with E-state index in [1.165, 1.54) is 42.9 Å². The van der Waals surface area contributed by atoms with Crippen molar-refractivity contribution in [3.8, 4) is 0 Å². The highest BCUT2D eigenvalue weighted by Crippen LogP contribution is 2.20. The summed E-state index contributed by atoms with van der Waals surface area (Å²) in [6.45, 7) is 7.56. The second-order valence-corrected chi connectivity index (χ2v) is 7.17. The van der Waals surface area contributed by atoms with Gasteiger partial charge in [-0.2, -0.15) is 11.3 Å². The molecule has 22 heavy (non-hydrogen) atoms. The summed E-state index contributed by atoms with van der Waals surface area (Å²) in [5.41, 5.74) is 3.95. The van der Waals surface area contributed by atoms with E-state index in [0.29, 0.717) is 0 Å². The van der Waals surface area contributed by atoms with Gasteiger partial charge in [0.15, 0.2) is 0 Å². The van der Waals surface area contributed by atoms with Crippen LogP contribution >= 0.6 is 11.3 Å². The predicted molar refractivity (Wildman–Crippen MR) is 87.6 cm³/mol. The summed E-state index contributed by atoms with van der Waals surface area (Å²) in [6.07, 6.45) is 3.81. The minimum atomic E-state index is 0.974. The Morgan fingerprint density at radius 2 is 1.86 bits per heavy atom. The second kappa shape index (κ2) is 6.48. The number of aromatic nitrogens is 3. The summed E-state index contributed by atoms with van der Waals surface area (Å²) in [5.74, 6) is 0. The van der Waals surface area contributed by atoms with E-state index in [1.54, 1.807) is 11.3 Å². The lowest BCUT2D eigenvalue weighted by Crippen LogP contribution is -2.24. The van der Waals surface area contributed by atoms with Crippen LogP contribution < -0.4 is 0 Å². The first-order valence-corrected chi connectivity index (χ1v) is 9.20. The maximum absolute atomic E-state index is 4.48. The van der Waals surface area contributed by atoms with E-state index in [1.807, 2.05) is 0 Å². The van der Waals surface area contributed by atoms with Crippen LogP contribution in [0.5, 0.6) is 0 Å². The molecule has 0 spiro atoms. The van der Waals surface area contributed by atoms with Crippen molar-refractivity contribution in [2.24, 2.45) is 0 Å². The Labute approximate surface area is 135 Å². The summed E-state index contributed by atoms with van der Waals surface area (Å²) in [4.78, 5) is 5.05. The minimum Gasteiger partial charge on any atom is -0.297 e. The first-order chi connectivity index (χ1) is 10.9. The molecule has 118 valence electrons. The fourth-order valence-corrected chi connectivity index (χ4v) is 4.17. The number of likely N-dealkylation sites (tertiary alicyclic amines) is 1. The first-order valence-electron chi connectivity index (χ1n) is 8.25. The van der Waals surface area contributed by atoms with Gasteiger partial charge in [0.25, 0.3) is 0 Å². The highest BCUT2D eigenvalue weighted by molar-refractivity contribution is 7.07. The van der Waals surface area contributed by atoms with E-state index in [4.69, 9.17) is 0 Å². The van der Waals surface area contributed by atoms with Gasteiger partial charge in [-0.1, -0.05) is 5.21 Å². The average molecular weight is 317 g/mol. The van der Waals surface area contributed by atoms with Gasteiger partial charge in [-0.15, -0.1) is 5.10 Å². The van der Waals surface area contributed by atoms with Gasteiger partial charge in [-0.3, -0.25) is 9.80 Å². The van der Waals surface area contributed by atoms with Crippen LogP contribution in [0, 0.1) is 0 Å². The van der Waals surface area contributed by atoms with Crippen molar-refractivity contribution in [1.82, 2.24) is 24.8 Å². The lowest BCUT2D eigenvalue weighted by molar-refractivity contribution is 0.258. The fraction of sp³-hybridized carbons (Fsp3) is 0.625. The van der Waals surface area contributed by atoms with Gasteiger partial charge in [0.05, 0.1) is 5.69 Å². The zero-order valence-corrected chi connectivity index (χ0v) is 13.8. The lowest BCUT2D eigenvalue weighted by atomic mass is 10.2. The molecular formula is C16H23N5S. The molecule has 2 aromatic heterocycles. The molecule has 0 aromatic carbocycles. The third-order valence-corrected chi connectivity index (χ3v) is 5.43. The number of thiophene rings is 1. The maximum atomic E-state index is 4.48. The predicted octanol–water partition coefficient (Wildman–Crippen LogP) is 2.34. The molecule has 0 unspecified atom stereocenters. The van der Waals surface area contributed by atoms with Gasteiger partial charge in [-0.05, 0) is 54.7 Å². The molecule has 2 aromatic rings. The van der Waals surface area contributed by atoms with Crippen molar-refractivity contribution >= 4 is 11.3 Å². The van der Waals surface area contributed by atoms with Crippen molar-refractivity contribution in [2.75, 3.05) is 19.6 Å². The summed E-state index contributed by atoms with van der Waals surface area (Å²) >= 11 is 1.78. The molecule has 5 nitrogen and oxygen atoms in total. The summed E-state index contributed by atoms with van der Waals surface area (Å²) < 4.78 is 2.14. The fourth-order valence-electron chi connectivity index (χ4n) is 3.51. The smallest absolute Gasteiger partial charge is 0.101 e. The van der Waals surface area contributed by atoms with Crippen molar-refractivity contribution < 1.29 is 0 Å². The van der Waals surface area contributed by atoms with Gasteiger partial charge >= 0.3 is 0 Å². The van der Waals surface area contributed by atoms with E-state index in [0.717, 1.165) is 39.1 Å². The van der Waals surface area contributed by atoms with Crippen LogP contribution in [0.1, 0.15) is 36.2 Å². The van der Waals surface area contributed by atoms with Crippen LogP contribution in [-0.4, -0.2) is 44.4 Å². The van der Waals surface area contributed by atoms with E-state index < -0.39 is 0 Å². The third-order valence-electron chi connectivity index (χ3n) is 4.69. The van der Waals surface area contributed by atoms with Gasteiger partial charge in [0.1, 0.15) is 5.69 Å². The quantitative estimate of drug-likeness (QED) is 0.867. The molecule has 0 saturated carbocycles. The molecule has 0 N–H and O–H groups in total. The van der Waals surface area contributed by atoms with Crippen LogP contribution in [0.3, 0.4) is 0 Å². The van der Waals surface area contributed by atoms with Crippen LogP contribution in [0.2, 0.25) is 0 Å². The average Bonchev–Trinajstić information content (AvgIpc) is 3.24. The molecule has 0 amide bonds. The Balaban J connectivity index is 1.49. The van der Waals surface area contributed by atoms with Crippen LogP contribution in [0.15, 0.2) is 16.8 Å². The Hall–Kier alpha value is -1.24. The first kappa shape index (κ1) is 14.4. The summed E-state index contributed by atoms with van der Waals surface area (Å²) in [6, 6.07) is 2.23. The highest BCUT2D eigenvalue weighted by Gasteiger charge is 2.22. The topological polar surface area (TPSA) is 37.2 Å². The van der Waals surface area contributed by atoms with Gasteiger partial charge in [-0.25, -0.2) is 4.68 Å². The number of rotatable bonds is 4. The molecule has 0 bridgehead atoms. The zero-order valence-electron chi connectivity index (χ0n) is 12.9. The summed E-state index contributed by atoms with van der Waals surface area (Å²) in [5, 5.41) is 13.3. The van der Waals surface area contributed by atoms with Crippen molar-refractivity contribution in [3.05, 3.63) is 33.8 Å². The van der Waals surface area contributed by atoms with Crippen molar-refractivity contribution in [3.63, 3.8) is 0 Å². The van der Waals surface area contributed by atoms with Crippen molar-refractivity contribution in [2.45, 2.75) is 45.4 Å². The number of hydrogen-bond donors (Lipinski definition) is 0. The molecular weight excluding hydrogens is 294 g/mol. The molecule has 2 aliphatic heterocycles. The SMILES string of the molecule is c1cc(CN2CCCn3nnc(CN4CCCC4)c3C2)cs1. The number of fused-ring (bicyclic) bond motifs is 1.